The molecule has 6 nitrogen and oxygen atoms in total. The van der Waals surface area contributed by atoms with Gasteiger partial charge >= 0.3 is 5.97 Å². The van der Waals surface area contributed by atoms with Gasteiger partial charge in [-0.3, -0.25) is 10.1 Å². The summed E-state index contributed by atoms with van der Waals surface area (Å²) in [6.07, 6.45) is 0.872. The third kappa shape index (κ3) is 5.05. The highest BCUT2D eigenvalue weighted by atomic mass is 16.6. The molecule has 0 aromatic heterocycles. The Labute approximate surface area is 111 Å². The molecular formula is C13H17NO5. The number of benzene rings is 1. The molecule has 0 aliphatic carbocycles. The van der Waals surface area contributed by atoms with Crippen LogP contribution in [0.3, 0.4) is 0 Å². The third-order valence-electron chi connectivity index (χ3n) is 2.63. The molecule has 0 aliphatic rings. The van der Waals surface area contributed by atoms with Gasteiger partial charge in [-0.05, 0) is 12.0 Å². The summed E-state index contributed by atoms with van der Waals surface area (Å²) in [5.41, 5.74) is 0.535. The second-order valence-corrected chi connectivity index (χ2v) is 4.18. The van der Waals surface area contributed by atoms with E-state index in [0.29, 0.717) is 12.2 Å². The number of hydrogen-bond donors (Lipinski definition) is 1. The maximum Gasteiger partial charge on any atom is 0.333 e. The lowest BCUT2D eigenvalue weighted by Gasteiger charge is -2.13. The number of carbonyl (C=O) groups is 1. The minimum Gasteiger partial charge on any atom is -0.479 e. The van der Waals surface area contributed by atoms with Crippen molar-refractivity contribution in [3.05, 3.63) is 39.9 Å². The van der Waals surface area contributed by atoms with Gasteiger partial charge in [0.05, 0.1) is 4.92 Å². The maximum atomic E-state index is 11.1. The molecule has 0 amide bonds. The molecule has 0 bridgehead atoms. The second kappa shape index (κ2) is 7.48. The van der Waals surface area contributed by atoms with E-state index in [0.717, 1.165) is 12.8 Å². The molecule has 104 valence electrons. The van der Waals surface area contributed by atoms with E-state index in [9.17, 15) is 14.9 Å². The zero-order valence-electron chi connectivity index (χ0n) is 10.7. The molecule has 0 spiro atoms. The first-order chi connectivity index (χ1) is 9.04. The van der Waals surface area contributed by atoms with Gasteiger partial charge in [-0.15, -0.1) is 0 Å². The van der Waals surface area contributed by atoms with Crippen LogP contribution < -0.4 is 0 Å². The number of unbranched alkanes of at least 4 members (excludes halogenated alkanes) is 1. The van der Waals surface area contributed by atoms with Gasteiger partial charge < -0.3 is 9.84 Å². The largest absolute Gasteiger partial charge is 0.479 e. The Bertz CT molecular complexity index is 446. The molecule has 19 heavy (non-hydrogen) atoms. The van der Waals surface area contributed by atoms with Crippen molar-refractivity contribution in [2.24, 2.45) is 0 Å². The Balaban J connectivity index is 2.70. The highest BCUT2D eigenvalue weighted by molar-refractivity contribution is 5.72. The first kappa shape index (κ1) is 15.1. The Morgan fingerprint density at radius 1 is 1.53 bits per heavy atom. The van der Waals surface area contributed by atoms with Crippen LogP contribution in [0.25, 0.3) is 0 Å². The molecule has 0 saturated carbocycles. The van der Waals surface area contributed by atoms with Crippen molar-refractivity contribution in [1.82, 2.24) is 0 Å². The molecule has 1 N–H and O–H groups in total. The van der Waals surface area contributed by atoms with Crippen LogP contribution in [-0.4, -0.2) is 28.7 Å². The maximum absolute atomic E-state index is 11.1. The lowest BCUT2D eigenvalue weighted by atomic mass is 10.1. The average Bonchev–Trinajstić information content (AvgIpc) is 2.38. The van der Waals surface area contributed by atoms with E-state index in [-0.39, 0.29) is 12.1 Å². The molecule has 1 unspecified atom stereocenters. The van der Waals surface area contributed by atoms with Gasteiger partial charge in [-0.25, -0.2) is 4.79 Å². The van der Waals surface area contributed by atoms with E-state index in [1.807, 2.05) is 6.92 Å². The van der Waals surface area contributed by atoms with Crippen LogP contribution >= 0.6 is 0 Å². The lowest BCUT2D eigenvalue weighted by Crippen LogP contribution is -2.26. The zero-order chi connectivity index (χ0) is 14.3. The molecule has 1 aromatic rings. The van der Waals surface area contributed by atoms with Crippen molar-refractivity contribution < 1.29 is 19.6 Å². The van der Waals surface area contributed by atoms with E-state index in [2.05, 4.69) is 0 Å². The molecule has 1 aromatic carbocycles. The normalized spacial score (nSPS) is 12.1. The lowest BCUT2D eigenvalue weighted by molar-refractivity contribution is -0.384. The highest BCUT2D eigenvalue weighted by Gasteiger charge is 2.19. The predicted octanol–water partition coefficient (Wildman–Crippen LogP) is 2.41. The highest BCUT2D eigenvalue weighted by Crippen LogP contribution is 2.15. The Hall–Kier alpha value is -1.95. The number of rotatable bonds is 8. The molecule has 1 rings (SSSR count). The van der Waals surface area contributed by atoms with Crippen molar-refractivity contribution in [3.63, 3.8) is 0 Å². The SMILES string of the molecule is CCCCOC(Cc1cccc([N+](=O)[O-])c1)C(=O)O. The number of aliphatic carboxylic acids is 1. The van der Waals surface area contributed by atoms with Crippen LogP contribution in [0, 0.1) is 10.1 Å². The summed E-state index contributed by atoms with van der Waals surface area (Å²) in [7, 11) is 0. The summed E-state index contributed by atoms with van der Waals surface area (Å²) in [4.78, 5) is 21.2. The number of carboxylic acid groups (broad SMARTS) is 1. The molecule has 0 aliphatic heterocycles. The van der Waals surface area contributed by atoms with Crippen LogP contribution in [0.4, 0.5) is 5.69 Å². The summed E-state index contributed by atoms with van der Waals surface area (Å²) in [5.74, 6) is -1.05. The number of nitrogens with zero attached hydrogens (tertiary/aromatic N) is 1. The zero-order valence-corrected chi connectivity index (χ0v) is 10.7. The number of nitro benzene ring substituents is 1. The summed E-state index contributed by atoms with van der Waals surface area (Å²) in [6.45, 7) is 2.36. The molecule has 0 saturated heterocycles. The smallest absolute Gasteiger partial charge is 0.333 e. The number of carboxylic acids is 1. The van der Waals surface area contributed by atoms with Crippen LogP contribution in [0.1, 0.15) is 25.3 Å². The van der Waals surface area contributed by atoms with E-state index < -0.39 is 17.0 Å². The first-order valence-corrected chi connectivity index (χ1v) is 6.12. The summed E-state index contributed by atoms with van der Waals surface area (Å²) in [5, 5.41) is 19.7. The van der Waals surface area contributed by atoms with E-state index in [1.54, 1.807) is 12.1 Å². The van der Waals surface area contributed by atoms with E-state index in [4.69, 9.17) is 9.84 Å². The predicted molar refractivity (Wildman–Crippen MR) is 69.1 cm³/mol. The number of nitro groups is 1. The summed E-state index contributed by atoms with van der Waals surface area (Å²) < 4.78 is 5.28. The molecule has 0 fully saturated rings. The first-order valence-electron chi connectivity index (χ1n) is 6.12. The Morgan fingerprint density at radius 3 is 2.84 bits per heavy atom. The molecule has 0 heterocycles. The quantitative estimate of drug-likeness (QED) is 0.443. The van der Waals surface area contributed by atoms with Crippen LogP contribution in [0.15, 0.2) is 24.3 Å². The van der Waals surface area contributed by atoms with Gasteiger partial charge in [0.2, 0.25) is 0 Å². The minimum atomic E-state index is -1.05. The number of non-ortho nitro benzene ring substituents is 1. The van der Waals surface area contributed by atoms with Gasteiger partial charge in [0, 0.05) is 25.2 Å². The van der Waals surface area contributed by atoms with Crippen molar-refractivity contribution in [1.29, 1.82) is 0 Å². The molecule has 1 atom stereocenters. The topological polar surface area (TPSA) is 89.7 Å². The van der Waals surface area contributed by atoms with E-state index in [1.165, 1.54) is 12.1 Å². The van der Waals surface area contributed by atoms with Crippen molar-refractivity contribution in [3.8, 4) is 0 Å². The average molecular weight is 267 g/mol. The van der Waals surface area contributed by atoms with Gasteiger partial charge in [0.15, 0.2) is 6.10 Å². The molecule has 0 radical (unpaired) electrons. The fraction of sp³-hybridized carbons (Fsp3) is 0.462. The fourth-order valence-electron chi connectivity index (χ4n) is 1.60. The number of ether oxygens (including phenoxy) is 1. The Morgan fingerprint density at radius 2 is 2.26 bits per heavy atom. The van der Waals surface area contributed by atoms with E-state index >= 15 is 0 Å². The number of hydrogen-bond acceptors (Lipinski definition) is 4. The van der Waals surface area contributed by atoms with Gasteiger partial charge in [-0.2, -0.15) is 0 Å². The van der Waals surface area contributed by atoms with Crippen molar-refractivity contribution >= 4 is 11.7 Å². The Kier molecular flexibility index (Phi) is 5.95. The van der Waals surface area contributed by atoms with Crippen LogP contribution in [-0.2, 0) is 16.0 Å². The summed E-state index contributed by atoms with van der Waals surface area (Å²) >= 11 is 0. The summed E-state index contributed by atoms with van der Waals surface area (Å²) in [6, 6.07) is 5.95. The second-order valence-electron chi connectivity index (χ2n) is 4.18. The third-order valence-corrected chi connectivity index (χ3v) is 2.63. The minimum absolute atomic E-state index is 0.0461. The molecular weight excluding hydrogens is 250 g/mol. The van der Waals surface area contributed by atoms with Gasteiger partial charge in [0.1, 0.15) is 0 Å². The fourth-order valence-corrected chi connectivity index (χ4v) is 1.60. The van der Waals surface area contributed by atoms with Crippen LogP contribution in [0.5, 0.6) is 0 Å². The standard InChI is InChI=1S/C13H17NO5/c1-2-3-7-19-12(13(15)16)9-10-5-4-6-11(8-10)14(17)18/h4-6,8,12H,2-3,7,9H2,1H3,(H,15,16). The molecule has 6 heteroatoms. The van der Waals surface area contributed by atoms with Gasteiger partial charge in [0.25, 0.3) is 5.69 Å². The van der Waals surface area contributed by atoms with Crippen LogP contribution in [0.2, 0.25) is 0 Å². The van der Waals surface area contributed by atoms with Crippen molar-refractivity contribution in [2.45, 2.75) is 32.3 Å². The monoisotopic (exact) mass is 267 g/mol. The van der Waals surface area contributed by atoms with Gasteiger partial charge in [-0.1, -0.05) is 25.5 Å². The van der Waals surface area contributed by atoms with Crippen molar-refractivity contribution in [2.75, 3.05) is 6.61 Å².